The van der Waals surface area contributed by atoms with Crippen molar-refractivity contribution in [3.8, 4) is 5.75 Å². The molecule has 2 aromatic rings. The van der Waals surface area contributed by atoms with E-state index >= 15 is 0 Å². The van der Waals surface area contributed by atoms with Crippen molar-refractivity contribution < 1.29 is 17.5 Å². The molecule has 0 unspecified atom stereocenters. The van der Waals surface area contributed by atoms with Crippen LogP contribution in [-0.4, -0.2) is 18.0 Å². The van der Waals surface area contributed by atoms with Crippen molar-refractivity contribution >= 4 is 19.7 Å². The van der Waals surface area contributed by atoms with Gasteiger partial charge in [-0.1, -0.05) is 0 Å². The van der Waals surface area contributed by atoms with Crippen molar-refractivity contribution in [2.24, 2.45) is 0 Å². The number of hydrogen-bond acceptors (Lipinski definition) is 4. The molecule has 0 radical (unpaired) electrons. The highest BCUT2D eigenvalue weighted by Gasteiger charge is 2.14. The highest BCUT2D eigenvalue weighted by atomic mass is 35.7. The van der Waals surface area contributed by atoms with Crippen LogP contribution in [0.3, 0.4) is 0 Å². The minimum absolute atomic E-state index is 0.0558. The molecule has 0 atom stereocenters. The van der Waals surface area contributed by atoms with Gasteiger partial charge >= 0.3 is 0 Å². The third kappa shape index (κ3) is 3.29. The third-order valence-electron chi connectivity index (χ3n) is 2.68. The second-order valence-corrected chi connectivity index (χ2v) is 6.51. The summed E-state index contributed by atoms with van der Waals surface area (Å²) in [6, 6.07) is 3.24. The van der Waals surface area contributed by atoms with Crippen LogP contribution in [0.2, 0.25) is 0 Å². The van der Waals surface area contributed by atoms with Crippen LogP contribution in [0.1, 0.15) is 12.7 Å². The number of rotatable bonds is 5. The first-order chi connectivity index (χ1) is 9.41. The molecule has 0 aliphatic carbocycles. The normalized spacial score (nSPS) is 11.6. The standard InChI is InChI=1S/C12H12ClFN2O3S/c1-2-16-6-5-15-12(16)8-19-11-4-3-9(7-10(11)14)20(13,17)18/h3-7H,2,8H2,1H3. The molecule has 0 saturated carbocycles. The fourth-order valence-electron chi connectivity index (χ4n) is 1.66. The zero-order chi connectivity index (χ0) is 14.8. The summed E-state index contributed by atoms with van der Waals surface area (Å²) in [5.74, 6) is -0.193. The van der Waals surface area contributed by atoms with Crippen molar-refractivity contribution in [3.63, 3.8) is 0 Å². The van der Waals surface area contributed by atoms with E-state index in [2.05, 4.69) is 4.98 Å². The van der Waals surface area contributed by atoms with Crippen LogP contribution < -0.4 is 4.74 Å². The SMILES string of the molecule is CCn1ccnc1COc1ccc(S(=O)(=O)Cl)cc1F. The molecule has 0 bridgehead atoms. The van der Waals surface area contributed by atoms with Gasteiger partial charge in [0.25, 0.3) is 9.05 Å². The Hall–Kier alpha value is -1.60. The number of aryl methyl sites for hydroxylation is 1. The minimum atomic E-state index is -3.95. The Bertz CT molecular complexity index is 715. The van der Waals surface area contributed by atoms with Crippen LogP contribution in [0.4, 0.5) is 4.39 Å². The molecule has 1 aromatic carbocycles. The maximum absolute atomic E-state index is 13.7. The first-order valence-corrected chi connectivity index (χ1v) is 8.09. The fraction of sp³-hybridized carbons (Fsp3) is 0.250. The number of benzene rings is 1. The van der Waals surface area contributed by atoms with Gasteiger partial charge in [0, 0.05) is 29.6 Å². The van der Waals surface area contributed by atoms with Crippen molar-refractivity contribution in [1.29, 1.82) is 0 Å². The molecular formula is C12H12ClFN2O3S. The first-order valence-electron chi connectivity index (χ1n) is 5.79. The van der Waals surface area contributed by atoms with Gasteiger partial charge in [-0.25, -0.2) is 17.8 Å². The minimum Gasteiger partial charge on any atom is -0.483 e. The van der Waals surface area contributed by atoms with Gasteiger partial charge in [0.05, 0.1) is 4.90 Å². The van der Waals surface area contributed by atoms with E-state index in [-0.39, 0.29) is 17.3 Å². The van der Waals surface area contributed by atoms with Gasteiger partial charge in [0.2, 0.25) is 0 Å². The fourth-order valence-corrected chi connectivity index (χ4v) is 2.42. The van der Waals surface area contributed by atoms with Crippen LogP contribution in [0.25, 0.3) is 0 Å². The van der Waals surface area contributed by atoms with Gasteiger partial charge in [0.15, 0.2) is 11.6 Å². The Balaban J connectivity index is 2.15. The third-order valence-corrected chi connectivity index (χ3v) is 4.04. The maximum Gasteiger partial charge on any atom is 0.261 e. The van der Waals surface area contributed by atoms with E-state index in [1.165, 1.54) is 12.1 Å². The van der Waals surface area contributed by atoms with Gasteiger partial charge in [-0.05, 0) is 25.1 Å². The molecule has 0 fully saturated rings. The maximum atomic E-state index is 13.7. The zero-order valence-electron chi connectivity index (χ0n) is 10.6. The summed E-state index contributed by atoms with van der Waals surface area (Å²) in [5.41, 5.74) is 0. The number of halogens is 2. The lowest BCUT2D eigenvalue weighted by Crippen LogP contribution is -2.06. The largest absolute Gasteiger partial charge is 0.483 e. The van der Waals surface area contributed by atoms with Crippen molar-refractivity contribution in [3.05, 3.63) is 42.2 Å². The summed E-state index contributed by atoms with van der Waals surface area (Å²) >= 11 is 0. The topological polar surface area (TPSA) is 61.2 Å². The predicted molar refractivity (Wildman–Crippen MR) is 71.7 cm³/mol. The van der Waals surface area contributed by atoms with Crippen LogP contribution in [-0.2, 0) is 22.2 Å². The Morgan fingerprint density at radius 1 is 1.45 bits per heavy atom. The summed E-state index contributed by atoms with van der Waals surface area (Å²) in [6.07, 6.45) is 3.42. The van der Waals surface area contributed by atoms with E-state index in [1.807, 2.05) is 11.5 Å². The number of ether oxygens (including phenoxy) is 1. The average molecular weight is 319 g/mol. The molecule has 5 nitrogen and oxygen atoms in total. The van der Waals surface area contributed by atoms with Crippen LogP contribution in [0, 0.1) is 5.82 Å². The van der Waals surface area contributed by atoms with E-state index in [9.17, 15) is 12.8 Å². The van der Waals surface area contributed by atoms with Gasteiger partial charge < -0.3 is 9.30 Å². The van der Waals surface area contributed by atoms with Gasteiger partial charge in [-0.2, -0.15) is 0 Å². The molecule has 1 heterocycles. The molecule has 0 aliphatic heterocycles. The summed E-state index contributed by atoms with van der Waals surface area (Å²) < 4.78 is 43.0. The molecule has 0 saturated heterocycles. The van der Waals surface area contributed by atoms with Gasteiger partial charge in [0.1, 0.15) is 12.4 Å². The second-order valence-electron chi connectivity index (χ2n) is 3.95. The van der Waals surface area contributed by atoms with E-state index < -0.39 is 14.9 Å². The molecule has 20 heavy (non-hydrogen) atoms. The van der Waals surface area contributed by atoms with Gasteiger partial charge in [-0.15, -0.1) is 0 Å². The lowest BCUT2D eigenvalue weighted by Gasteiger charge is -2.09. The van der Waals surface area contributed by atoms with E-state index in [4.69, 9.17) is 15.4 Å². The summed E-state index contributed by atoms with van der Waals surface area (Å²) in [7, 11) is 1.18. The summed E-state index contributed by atoms with van der Waals surface area (Å²) in [5, 5.41) is 0. The van der Waals surface area contributed by atoms with Crippen molar-refractivity contribution in [2.45, 2.75) is 25.0 Å². The first kappa shape index (κ1) is 14.8. The van der Waals surface area contributed by atoms with E-state index in [0.717, 1.165) is 12.6 Å². The number of nitrogens with zero attached hydrogens (tertiary/aromatic N) is 2. The van der Waals surface area contributed by atoms with Crippen molar-refractivity contribution in [1.82, 2.24) is 9.55 Å². The zero-order valence-corrected chi connectivity index (χ0v) is 12.2. The highest BCUT2D eigenvalue weighted by molar-refractivity contribution is 8.13. The number of aromatic nitrogens is 2. The smallest absolute Gasteiger partial charge is 0.261 e. The molecule has 2 rings (SSSR count). The van der Waals surface area contributed by atoms with Crippen LogP contribution in [0.15, 0.2) is 35.5 Å². The lowest BCUT2D eigenvalue weighted by atomic mass is 10.3. The average Bonchev–Trinajstić information content (AvgIpc) is 2.83. The van der Waals surface area contributed by atoms with Crippen LogP contribution >= 0.6 is 10.7 Å². The Morgan fingerprint density at radius 3 is 2.80 bits per heavy atom. The molecular weight excluding hydrogens is 307 g/mol. The van der Waals surface area contributed by atoms with E-state index in [0.29, 0.717) is 5.82 Å². The Labute approximate surface area is 120 Å². The lowest BCUT2D eigenvalue weighted by molar-refractivity contribution is 0.275. The van der Waals surface area contributed by atoms with E-state index in [1.54, 1.807) is 12.4 Å². The van der Waals surface area contributed by atoms with Gasteiger partial charge in [-0.3, -0.25) is 0 Å². The molecule has 0 N–H and O–H groups in total. The number of imidazole rings is 1. The quantitative estimate of drug-likeness (QED) is 0.795. The molecule has 0 amide bonds. The monoisotopic (exact) mass is 318 g/mol. The summed E-state index contributed by atoms with van der Waals surface area (Å²) in [4.78, 5) is 3.78. The second kappa shape index (κ2) is 5.80. The van der Waals surface area contributed by atoms with Crippen LogP contribution in [0.5, 0.6) is 5.75 Å². The molecule has 8 heteroatoms. The molecule has 1 aromatic heterocycles. The Morgan fingerprint density at radius 2 is 2.20 bits per heavy atom. The van der Waals surface area contributed by atoms with Crippen molar-refractivity contribution in [2.75, 3.05) is 0 Å². The highest BCUT2D eigenvalue weighted by Crippen LogP contribution is 2.23. The number of hydrogen-bond donors (Lipinski definition) is 0. The summed E-state index contributed by atoms with van der Waals surface area (Å²) in [6.45, 7) is 2.77. The molecule has 0 aliphatic rings. The Kier molecular flexibility index (Phi) is 4.29. The predicted octanol–water partition coefficient (Wildman–Crippen LogP) is 2.55. The molecule has 0 spiro atoms. The molecule has 108 valence electrons.